The predicted octanol–water partition coefficient (Wildman–Crippen LogP) is 1.22. The molecule has 4 heteroatoms. The molecule has 0 fully saturated rings. The first-order valence-electron chi connectivity index (χ1n) is 5.25. The second-order valence-corrected chi connectivity index (χ2v) is 4.64. The van der Waals surface area contributed by atoms with E-state index in [1.807, 2.05) is 6.92 Å². The van der Waals surface area contributed by atoms with Gasteiger partial charge in [-0.05, 0) is 20.8 Å². The van der Waals surface area contributed by atoms with Crippen LogP contribution < -0.4 is 10.9 Å². The maximum absolute atomic E-state index is 11.3. The van der Waals surface area contributed by atoms with Crippen LogP contribution in [0.2, 0.25) is 0 Å². The van der Waals surface area contributed by atoms with Crippen LogP contribution in [-0.2, 0) is 13.0 Å². The van der Waals surface area contributed by atoms with Crippen LogP contribution in [0.25, 0.3) is 0 Å². The summed E-state index contributed by atoms with van der Waals surface area (Å²) in [5.74, 6) is 0.744. The van der Waals surface area contributed by atoms with Gasteiger partial charge in [-0.25, -0.2) is 4.98 Å². The molecule has 0 amide bonds. The minimum Gasteiger partial charge on any atom is -0.311 e. The molecule has 1 heterocycles. The number of H-pyrrole nitrogens is 1. The number of hydrogen-bond donors (Lipinski definition) is 2. The molecule has 0 aliphatic rings. The lowest BCUT2D eigenvalue weighted by Gasteiger charge is -2.20. The summed E-state index contributed by atoms with van der Waals surface area (Å²) in [7, 11) is 0. The highest BCUT2D eigenvalue weighted by atomic mass is 16.1. The molecule has 0 aromatic carbocycles. The van der Waals surface area contributed by atoms with Crippen molar-refractivity contribution in [1.29, 1.82) is 0 Å². The maximum atomic E-state index is 11.3. The summed E-state index contributed by atoms with van der Waals surface area (Å²) in [5, 5.41) is 3.30. The van der Waals surface area contributed by atoms with E-state index in [4.69, 9.17) is 0 Å². The summed E-state index contributed by atoms with van der Waals surface area (Å²) in [4.78, 5) is 18.3. The second kappa shape index (κ2) is 4.57. The van der Waals surface area contributed by atoms with Gasteiger partial charge in [-0.1, -0.05) is 6.92 Å². The summed E-state index contributed by atoms with van der Waals surface area (Å²) in [6.07, 6.45) is 0.749. The smallest absolute Gasteiger partial charge is 0.251 e. The predicted molar refractivity (Wildman–Crippen MR) is 60.8 cm³/mol. The molecule has 0 atom stereocenters. The lowest BCUT2D eigenvalue weighted by atomic mass is 10.1. The fourth-order valence-corrected chi connectivity index (χ4v) is 1.18. The number of hydrogen-bond acceptors (Lipinski definition) is 3. The van der Waals surface area contributed by atoms with Crippen LogP contribution in [-0.4, -0.2) is 15.5 Å². The number of aryl methyl sites for hydroxylation is 1. The van der Waals surface area contributed by atoms with E-state index in [2.05, 4.69) is 36.1 Å². The standard InChI is InChI=1S/C11H19N3O/c1-5-9-13-8(6-10(15)14-9)7-12-11(2,3)4/h6,12H,5,7H2,1-4H3,(H,13,14,15). The first-order chi connectivity index (χ1) is 6.90. The molecule has 0 unspecified atom stereocenters. The fraction of sp³-hybridized carbons (Fsp3) is 0.636. The topological polar surface area (TPSA) is 57.8 Å². The highest BCUT2D eigenvalue weighted by molar-refractivity contribution is 5.03. The van der Waals surface area contributed by atoms with Crippen molar-refractivity contribution in [2.24, 2.45) is 0 Å². The number of nitrogens with one attached hydrogen (secondary N) is 2. The molecule has 0 aliphatic carbocycles. The average Bonchev–Trinajstić information content (AvgIpc) is 2.13. The van der Waals surface area contributed by atoms with Gasteiger partial charge >= 0.3 is 0 Å². The summed E-state index contributed by atoms with van der Waals surface area (Å²) in [5.41, 5.74) is 0.759. The average molecular weight is 209 g/mol. The molecule has 0 bridgehead atoms. The Hall–Kier alpha value is -1.16. The Labute approximate surface area is 90.1 Å². The molecular weight excluding hydrogens is 190 g/mol. The molecule has 4 nitrogen and oxygen atoms in total. The Morgan fingerprint density at radius 3 is 2.67 bits per heavy atom. The van der Waals surface area contributed by atoms with Gasteiger partial charge in [-0.15, -0.1) is 0 Å². The second-order valence-electron chi connectivity index (χ2n) is 4.64. The van der Waals surface area contributed by atoms with Crippen molar-refractivity contribution in [2.45, 2.75) is 46.2 Å². The zero-order chi connectivity index (χ0) is 11.5. The van der Waals surface area contributed by atoms with E-state index in [9.17, 15) is 4.79 Å². The molecule has 15 heavy (non-hydrogen) atoms. The van der Waals surface area contributed by atoms with Gasteiger partial charge in [-0.2, -0.15) is 0 Å². The molecule has 0 saturated heterocycles. The molecule has 0 radical (unpaired) electrons. The van der Waals surface area contributed by atoms with Crippen LogP contribution in [0, 0.1) is 0 Å². The Morgan fingerprint density at radius 1 is 1.47 bits per heavy atom. The number of aromatic nitrogens is 2. The van der Waals surface area contributed by atoms with E-state index in [1.54, 1.807) is 0 Å². The van der Waals surface area contributed by atoms with E-state index in [-0.39, 0.29) is 11.1 Å². The van der Waals surface area contributed by atoms with Crippen LogP contribution in [0.5, 0.6) is 0 Å². The van der Waals surface area contributed by atoms with Gasteiger partial charge in [0.15, 0.2) is 0 Å². The zero-order valence-corrected chi connectivity index (χ0v) is 9.85. The van der Waals surface area contributed by atoms with Crippen LogP contribution in [0.1, 0.15) is 39.2 Å². The Bertz CT molecular complexity index is 376. The SMILES string of the molecule is CCc1nc(CNC(C)(C)C)cc(=O)[nH]1. The van der Waals surface area contributed by atoms with E-state index < -0.39 is 0 Å². The summed E-state index contributed by atoms with van der Waals surface area (Å²) in [6, 6.07) is 1.54. The van der Waals surface area contributed by atoms with Gasteiger partial charge in [0, 0.05) is 24.6 Å². The molecule has 2 N–H and O–H groups in total. The normalized spacial score (nSPS) is 11.7. The number of aromatic amines is 1. The lowest BCUT2D eigenvalue weighted by Crippen LogP contribution is -2.35. The first kappa shape index (κ1) is 11.9. The van der Waals surface area contributed by atoms with Crippen LogP contribution in [0.15, 0.2) is 10.9 Å². The Balaban J connectivity index is 2.77. The molecule has 1 aromatic rings. The third-order valence-electron chi connectivity index (χ3n) is 1.98. The van der Waals surface area contributed by atoms with Gasteiger partial charge < -0.3 is 10.3 Å². The van der Waals surface area contributed by atoms with E-state index in [1.165, 1.54) is 6.07 Å². The summed E-state index contributed by atoms with van der Waals surface area (Å²) >= 11 is 0. The van der Waals surface area contributed by atoms with Crippen LogP contribution >= 0.6 is 0 Å². The molecule has 84 valence electrons. The maximum Gasteiger partial charge on any atom is 0.251 e. The van der Waals surface area contributed by atoms with Gasteiger partial charge in [0.2, 0.25) is 0 Å². The first-order valence-corrected chi connectivity index (χ1v) is 5.25. The van der Waals surface area contributed by atoms with E-state index in [0.29, 0.717) is 6.54 Å². The van der Waals surface area contributed by atoms with Crippen molar-refractivity contribution in [3.63, 3.8) is 0 Å². The monoisotopic (exact) mass is 209 g/mol. The third-order valence-corrected chi connectivity index (χ3v) is 1.98. The van der Waals surface area contributed by atoms with E-state index in [0.717, 1.165) is 17.9 Å². The van der Waals surface area contributed by atoms with Crippen molar-refractivity contribution in [3.8, 4) is 0 Å². The lowest BCUT2D eigenvalue weighted by molar-refractivity contribution is 0.420. The Morgan fingerprint density at radius 2 is 2.13 bits per heavy atom. The van der Waals surface area contributed by atoms with Crippen LogP contribution in [0.4, 0.5) is 0 Å². The van der Waals surface area contributed by atoms with Gasteiger partial charge in [-0.3, -0.25) is 4.79 Å². The molecular formula is C11H19N3O. The van der Waals surface area contributed by atoms with Gasteiger partial charge in [0.25, 0.3) is 5.56 Å². The van der Waals surface area contributed by atoms with Crippen molar-refractivity contribution >= 4 is 0 Å². The van der Waals surface area contributed by atoms with Crippen molar-refractivity contribution in [3.05, 3.63) is 27.9 Å². The number of rotatable bonds is 3. The zero-order valence-electron chi connectivity index (χ0n) is 9.85. The third kappa shape index (κ3) is 4.25. The minimum atomic E-state index is -0.0763. The molecule has 0 saturated carbocycles. The molecule has 0 aliphatic heterocycles. The van der Waals surface area contributed by atoms with Crippen molar-refractivity contribution < 1.29 is 0 Å². The van der Waals surface area contributed by atoms with Crippen LogP contribution in [0.3, 0.4) is 0 Å². The minimum absolute atomic E-state index is 0.0384. The molecule has 1 rings (SSSR count). The highest BCUT2D eigenvalue weighted by Crippen LogP contribution is 2.01. The summed E-state index contributed by atoms with van der Waals surface area (Å²) in [6.45, 7) is 8.85. The highest BCUT2D eigenvalue weighted by Gasteiger charge is 2.09. The largest absolute Gasteiger partial charge is 0.311 e. The fourth-order valence-electron chi connectivity index (χ4n) is 1.18. The van der Waals surface area contributed by atoms with Gasteiger partial charge in [0.1, 0.15) is 5.82 Å². The number of nitrogens with zero attached hydrogens (tertiary/aromatic N) is 1. The van der Waals surface area contributed by atoms with Gasteiger partial charge in [0.05, 0.1) is 5.69 Å². The summed E-state index contributed by atoms with van der Waals surface area (Å²) < 4.78 is 0. The van der Waals surface area contributed by atoms with Crippen molar-refractivity contribution in [1.82, 2.24) is 15.3 Å². The quantitative estimate of drug-likeness (QED) is 0.787. The van der Waals surface area contributed by atoms with Crippen molar-refractivity contribution in [2.75, 3.05) is 0 Å². The Kier molecular flexibility index (Phi) is 3.63. The molecule has 0 spiro atoms. The van der Waals surface area contributed by atoms with E-state index >= 15 is 0 Å². The molecule has 1 aromatic heterocycles.